The van der Waals surface area contributed by atoms with Gasteiger partial charge in [-0.15, -0.1) is 24.0 Å². The van der Waals surface area contributed by atoms with Crippen LogP contribution in [-0.4, -0.2) is 63.3 Å². The number of ether oxygens (including phenoxy) is 1. The maximum absolute atomic E-state index is 11.7. The first-order valence-electron chi connectivity index (χ1n) is 9.24. The summed E-state index contributed by atoms with van der Waals surface area (Å²) in [4.78, 5) is 19.9. The summed E-state index contributed by atoms with van der Waals surface area (Å²) in [5, 5.41) is 3.26. The van der Waals surface area contributed by atoms with E-state index in [4.69, 9.17) is 10.5 Å². The van der Waals surface area contributed by atoms with Crippen LogP contribution < -0.4 is 16.0 Å². The van der Waals surface area contributed by atoms with Crippen LogP contribution in [0.25, 0.3) is 0 Å². The number of guanidine groups is 1. The predicted octanol–water partition coefficient (Wildman–Crippen LogP) is 2.44. The number of carbonyl (C=O) groups excluding carboxylic acids is 1. The Labute approximate surface area is 179 Å². The smallest absolute Gasteiger partial charge is 0.409 e. The summed E-state index contributed by atoms with van der Waals surface area (Å²) in [5.41, 5.74) is 8.43. The zero-order valence-electron chi connectivity index (χ0n) is 16.5. The molecule has 1 heterocycles. The monoisotopic (exact) mass is 489 g/mol. The minimum absolute atomic E-state index is 0. The molecule has 0 radical (unpaired) electrons. The summed E-state index contributed by atoms with van der Waals surface area (Å²) in [6, 6.07) is 8.72. The van der Waals surface area contributed by atoms with Crippen molar-refractivity contribution < 1.29 is 9.53 Å². The molecule has 1 aromatic carbocycles. The van der Waals surface area contributed by atoms with Crippen molar-refractivity contribution in [1.29, 1.82) is 0 Å². The lowest BCUT2D eigenvalue weighted by Crippen LogP contribution is -2.48. The van der Waals surface area contributed by atoms with E-state index in [9.17, 15) is 4.79 Å². The second-order valence-corrected chi connectivity index (χ2v) is 6.68. The molecular weight excluding hydrogens is 457 g/mol. The minimum atomic E-state index is -0.229. The molecule has 3 N–H and O–H groups in total. The summed E-state index contributed by atoms with van der Waals surface area (Å²) in [7, 11) is 4.06. The first-order chi connectivity index (χ1) is 12.5. The molecule has 2 rings (SSSR count). The van der Waals surface area contributed by atoms with Gasteiger partial charge in [0, 0.05) is 45.5 Å². The van der Waals surface area contributed by atoms with Gasteiger partial charge in [0.2, 0.25) is 0 Å². The van der Waals surface area contributed by atoms with Gasteiger partial charge in [-0.3, -0.25) is 4.99 Å². The second kappa shape index (κ2) is 11.9. The molecule has 1 fully saturated rings. The molecule has 1 aliphatic heterocycles. The van der Waals surface area contributed by atoms with E-state index in [1.165, 1.54) is 11.3 Å². The summed E-state index contributed by atoms with van der Waals surface area (Å²) in [6.07, 6.45) is 2.33. The average Bonchev–Trinajstić information content (AvgIpc) is 2.63. The van der Waals surface area contributed by atoms with E-state index in [2.05, 4.69) is 39.5 Å². The van der Waals surface area contributed by atoms with Crippen molar-refractivity contribution in [3.63, 3.8) is 0 Å². The van der Waals surface area contributed by atoms with Crippen LogP contribution in [0.3, 0.4) is 0 Å². The number of likely N-dealkylation sites (tertiary alicyclic amines) is 1. The number of anilines is 1. The van der Waals surface area contributed by atoms with Crippen LogP contribution in [0.5, 0.6) is 0 Å². The van der Waals surface area contributed by atoms with E-state index in [-0.39, 0.29) is 36.1 Å². The molecule has 0 spiro atoms. The van der Waals surface area contributed by atoms with Crippen molar-refractivity contribution in [3.05, 3.63) is 29.8 Å². The lowest BCUT2D eigenvalue weighted by molar-refractivity contribution is 0.0963. The Kier molecular flexibility index (Phi) is 10.3. The third-order valence-corrected chi connectivity index (χ3v) is 4.51. The Balaban J connectivity index is 0.00000364. The number of hydrogen-bond acceptors (Lipinski definition) is 4. The molecule has 0 bridgehead atoms. The largest absolute Gasteiger partial charge is 0.450 e. The fraction of sp³-hybridized carbons (Fsp3) is 0.579. The number of nitrogens with two attached hydrogens (primary N) is 1. The molecule has 27 heavy (non-hydrogen) atoms. The Hall–Kier alpha value is -1.71. The highest BCUT2D eigenvalue weighted by atomic mass is 127. The summed E-state index contributed by atoms with van der Waals surface area (Å²) in [6.45, 7) is 4.25. The minimum Gasteiger partial charge on any atom is -0.450 e. The van der Waals surface area contributed by atoms with Gasteiger partial charge in [-0.1, -0.05) is 12.1 Å². The zero-order valence-corrected chi connectivity index (χ0v) is 18.8. The molecule has 0 aliphatic carbocycles. The van der Waals surface area contributed by atoms with Gasteiger partial charge in [0.1, 0.15) is 0 Å². The molecule has 0 aromatic heterocycles. The molecular formula is C19H32IN5O2. The number of halogens is 1. The van der Waals surface area contributed by atoms with E-state index >= 15 is 0 Å². The molecule has 0 saturated carbocycles. The predicted molar refractivity (Wildman–Crippen MR) is 121 cm³/mol. The third-order valence-electron chi connectivity index (χ3n) is 4.51. The molecule has 8 heteroatoms. The highest BCUT2D eigenvalue weighted by Gasteiger charge is 2.23. The van der Waals surface area contributed by atoms with Crippen LogP contribution in [0.1, 0.15) is 25.3 Å². The number of benzene rings is 1. The SMILES string of the molecule is CCOC(=O)N1CCC(NC(N)=NCCc2ccc(N(C)C)cc2)CC1.I. The molecule has 7 nitrogen and oxygen atoms in total. The van der Waals surface area contributed by atoms with Crippen LogP contribution in [0.15, 0.2) is 29.3 Å². The van der Waals surface area contributed by atoms with Crippen LogP contribution in [-0.2, 0) is 11.2 Å². The number of piperidine rings is 1. The first kappa shape index (κ1) is 23.3. The molecule has 1 saturated heterocycles. The number of amides is 1. The standard InChI is InChI=1S/C19H31N5O2.HI/c1-4-26-19(25)24-13-10-16(11-14-24)22-18(20)21-12-9-15-5-7-17(8-6-15)23(2)3;/h5-8,16H,4,9-14H2,1-3H3,(H3,20,21,22);1H. The summed E-state index contributed by atoms with van der Waals surface area (Å²) < 4.78 is 5.03. The highest BCUT2D eigenvalue weighted by molar-refractivity contribution is 14.0. The quantitative estimate of drug-likeness (QED) is 0.365. The topological polar surface area (TPSA) is 83.2 Å². The zero-order chi connectivity index (χ0) is 18.9. The molecule has 1 aliphatic rings. The number of nitrogens with zero attached hydrogens (tertiary/aromatic N) is 3. The number of rotatable bonds is 6. The molecule has 0 atom stereocenters. The van der Waals surface area contributed by atoms with Gasteiger partial charge >= 0.3 is 6.09 Å². The number of hydrogen-bond donors (Lipinski definition) is 2. The van der Waals surface area contributed by atoms with Gasteiger partial charge < -0.3 is 25.6 Å². The van der Waals surface area contributed by atoms with Crippen molar-refractivity contribution in [2.45, 2.75) is 32.2 Å². The number of carbonyl (C=O) groups is 1. The van der Waals surface area contributed by atoms with Crippen molar-refractivity contribution in [1.82, 2.24) is 10.2 Å². The van der Waals surface area contributed by atoms with E-state index in [1.807, 2.05) is 21.0 Å². The van der Waals surface area contributed by atoms with Crippen LogP contribution >= 0.6 is 24.0 Å². The second-order valence-electron chi connectivity index (χ2n) is 6.68. The van der Waals surface area contributed by atoms with Crippen molar-refractivity contribution >= 4 is 41.7 Å². The van der Waals surface area contributed by atoms with Crippen LogP contribution in [0.2, 0.25) is 0 Å². The lowest BCUT2D eigenvalue weighted by atomic mass is 10.1. The number of nitrogens with one attached hydrogen (secondary N) is 1. The molecule has 1 amide bonds. The Morgan fingerprint density at radius 1 is 1.30 bits per heavy atom. The highest BCUT2D eigenvalue weighted by Crippen LogP contribution is 2.13. The van der Waals surface area contributed by atoms with Gasteiger partial charge in [0.25, 0.3) is 0 Å². The van der Waals surface area contributed by atoms with Crippen molar-refractivity contribution in [3.8, 4) is 0 Å². The van der Waals surface area contributed by atoms with Gasteiger partial charge in [0.15, 0.2) is 5.96 Å². The van der Waals surface area contributed by atoms with E-state index in [0.717, 1.165) is 19.3 Å². The fourth-order valence-corrected chi connectivity index (χ4v) is 2.94. The molecule has 152 valence electrons. The first-order valence-corrected chi connectivity index (χ1v) is 9.24. The Bertz CT molecular complexity index is 599. The normalized spacial score (nSPS) is 15.1. The van der Waals surface area contributed by atoms with Crippen molar-refractivity contribution in [2.75, 3.05) is 45.2 Å². The van der Waals surface area contributed by atoms with E-state index < -0.39 is 0 Å². The molecule has 1 aromatic rings. The summed E-state index contributed by atoms with van der Waals surface area (Å²) in [5.74, 6) is 0.476. The van der Waals surface area contributed by atoms with Gasteiger partial charge in [-0.2, -0.15) is 0 Å². The fourth-order valence-electron chi connectivity index (χ4n) is 2.94. The van der Waals surface area contributed by atoms with E-state index in [0.29, 0.717) is 32.2 Å². The Morgan fingerprint density at radius 3 is 2.48 bits per heavy atom. The van der Waals surface area contributed by atoms with Crippen molar-refractivity contribution in [2.24, 2.45) is 10.7 Å². The van der Waals surface area contributed by atoms with Gasteiger partial charge in [-0.25, -0.2) is 4.79 Å². The van der Waals surface area contributed by atoms with Crippen LogP contribution in [0.4, 0.5) is 10.5 Å². The lowest BCUT2D eigenvalue weighted by Gasteiger charge is -2.31. The van der Waals surface area contributed by atoms with Crippen LogP contribution in [0, 0.1) is 0 Å². The maximum atomic E-state index is 11.7. The van der Waals surface area contributed by atoms with Gasteiger partial charge in [-0.05, 0) is 43.9 Å². The third kappa shape index (κ3) is 7.82. The maximum Gasteiger partial charge on any atom is 0.409 e. The van der Waals surface area contributed by atoms with E-state index in [1.54, 1.807) is 4.90 Å². The molecule has 0 unspecified atom stereocenters. The Morgan fingerprint density at radius 2 is 1.93 bits per heavy atom. The van der Waals surface area contributed by atoms with Gasteiger partial charge in [0.05, 0.1) is 6.61 Å². The summed E-state index contributed by atoms with van der Waals surface area (Å²) >= 11 is 0. The number of aliphatic imine (C=N–C) groups is 1. The average molecular weight is 489 g/mol.